The summed E-state index contributed by atoms with van der Waals surface area (Å²) in [6.45, 7) is 2.76. The molecule has 1 rings (SSSR count). The van der Waals surface area contributed by atoms with Crippen molar-refractivity contribution in [3.05, 3.63) is 23.8 Å². The van der Waals surface area contributed by atoms with Crippen LogP contribution in [-0.2, 0) is 6.61 Å². The Balaban J connectivity index is 2.60. The minimum absolute atomic E-state index is 0.0136. The minimum Gasteiger partial charge on any atom is -0.497 e. The van der Waals surface area contributed by atoms with Gasteiger partial charge < -0.3 is 14.6 Å². The highest BCUT2D eigenvalue weighted by Crippen LogP contribution is 2.24. The van der Waals surface area contributed by atoms with Gasteiger partial charge in [-0.25, -0.2) is 0 Å². The molecule has 0 fully saturated rings. The first-order valence-corrected chi connectivity index (χ1v) is 6.45. The number of hydrogen-bond donors (Lipinski definition) is 1. The molecule has 0 saturated heterocycles. The number of aliphatic hydroxyl groups is 1. The molecule has 0 spiro atoms. The molecular formula is C12H18O3S. The first-order chi connectivity index (χ1) is 7.81. The van der Waals surface area contributed by atoms with E-state index in [1.54, 1.807) is 7.11 Å². The van der Waals surface area contributed by atoms with Gasteiger partial charge in [-0.2, -0.15) is 11.8 Å². The average molecular weight is 242 g/mol. The third-order valence-corrected chi connectivity index (χ3v) is 3.00. The van der Waals surface area contributed by atoms with Gasteiger partial charge in [0.25, 0.3) is 0 Å². The normalized spacial score (nSPS) is 10.2. The summed E-state index contributed by atoms with van der Waals surface area (Å²) in [4.78, 5) is 0. The van der Waals surface area contributed by atoms with Crippen molar-refractivity contribution >= 4 is 11.8 Å². The molecular weight excluding hydrogens is 224 g/mol. The molecule has 16 heavy (non-hydrogen) atoms. The number of ether oxygens (including phenoxy) is 2. The van der Waals surface area contributed by atoms with Gasteiger partial charge in [-0.15, -0.1) is 0 Å². The molecule has 4 heteroatoms. The molecule has 0 radical (unpaired) electrons. The maximum absolute atomic E-state index is 9.16. The lowest BCUT2D eigenvalue weighted by molar-refractivity contribution is 0.267. The lowest BCUT2D eigenvalue weighted by atomic mass is 10.2. The Labute approximate surface area is 101 Å². The van der Waals surface area contributed by atoms with Crippen LogP contribution in [0.25, 0.3) is 0 Å². The van der Waals surface area contributed by atoms with Crippen molar-refractivity contribution in [2.75, 3.05) is 25.2 Å². The Bertz CT molecular complexity index is 315. The van der Waals surface area contributed by atoms with Crippen molar-refractivity contribution in [1.29, 1.82) is 0 Å². The zero-order chi connectivity index (χ0) is 11.8. The molecule has 0 unspecified atom stereocenters. The molecule has 0 aliphatic heterocycles. The Kier molecular flexibility index (Phi) is 6.11. The lowest BCUT2D eigenvalue weighted by Gasteiger charge is -2.11. The predicted molar refractivity (Wildman–Crippen MR) is 67.4 cm³/mol. The van der Waals surface area contributed by atoms with Crippen LogP contribution in [0.3, 0.4) is 0 Å². The van der Waals surface area contributed by atoms with E-state index < -0.39 is 0 Å². The van der Waals surface area contributed by atoms with E-state index in [-0.39, 0.29) is 6.61 Å². The van der Waals surface area contributed by atoms with Crippen molar-refractivity contribution < 1.29 is 14.6 Å². The van der Waals surface area contributed by atoms with Crippen LogP contribution in [0.5, 0.6) is 11.5 Å². The van der Waals surface area contributed by atoms with Crippen molar-refractivity contribution in [3.8, 4) is 11.5 Å². The second-order valence-corrected chi connectivity index (χ2v) is 4.57. The van der Waals surface area contributed by atoms with Gasteiger partial charge in [0.1, 0.15) is 11.5 Å². The summed E-state index contributed by atoms with van der Waals surface area (Å²) >= 11 is 1.83. The smallest absolute Gasteiger partial charge is 0.128 e. The van der Waals surface area contributed by atoms with Crippen LogP contribution in [0.1, 0.15) is 12.5 Å². The number of methoxy groups -OCH3 is 1. The van der Waals surface area contributed by atoms with Crippen LogP contribution < -0.4 is 9.47 Å². The fourth-order valence-electron chi connectivity index (χ4n) is 1.28. The molecule has 0 amide bonds. The fraction of sp³-hybridized carbons (Fsp3) is 0.500. The second kappa shape index (κ2) is 7.41. The van der Waals surface area contributed by atoms with E-state index >= 15 is 0 Å². The van der Waals surface area contributed by atoms with Gasteiger partial charge in [0.2, 0.25) is 0 Å². The molecule has 90 valence electrons. The summed E-state index contributed by atoms with van der Waals surface area (Å²) in [5, 5.41) is 9.16. The zero-order valence-electron chi connectivity index (χ0n) is 9.73. The Morgan fingerprint density at radius 1 is 1.38 bits per heavy atom. The predicted octanol–water partition coefficient (Wildman–Crippen LogP) is 2.32. The van der Waals surface area contributed by atoms with Gasteiger partial charge in [0.15, 0.2) is 0 Å². The Morgan fingerprint density at radius 3 is 2.81 bits per heavy atom. The molecule has 3 nitrogen and oxygen atoms in total. The monoisotopic (exact) mass is 242 g/mol. The summed E-state index contributed by atoms with van der Waals surface area (Å²) in [5.41, 5.74) is 0.794. The molecule has 1 aromatic rings. The van der Waals surface area contributed by atoms with E-state index in [4.69, 9.17) is 14.6 Å². The van der Waals surface area contributed by atoms with Crippen LogP contribution >= 0.6 is 11.8 Å². The van der Waals surface area contributed by atoms with E-state index in [1.165, 1.54) is 0 Å². The Morgan fingerprint density at radius 2 is 2.19 bits per heavy atom. The first kappa shape index (κ1) is 13.2. The molecule has 1 N–H and O–H groups in total. The van der Waals surface area contributed by atoms with E-state index in [0.717, 1.165) is 22.8 Å². The average Bonchev–Trinajstić information content (AvgIpc) is 2.34. The van der Waals surface area contributed by atoms with Crippen LogP contribution in [0.2, 0.25) is 0 Å². The highest BCUT2D eigenvalue weighted by atomic mass is 32.2. The molecule has 0 saturated carbocycles. The van der Waals surface area contributed by atoms with E-state index in [2.05, 4.69) is 6.92 Å². The summed E-state index contributed by atoms with van der Waals surface area (Å²) in [6.07, 6.45) is 0. The largest absolute Gasteiger partial charge is 0.497 e. The first-order valence-electron chi connectivity index (χ1n) is 5.30. The highest BCUT2D eigenvalue weighted by Gasteiger charge is 2.04. The lowest BCUT2D eigenvalue weighted by Crippen LogP contribution is -2.03. The topological polar surface area (TPSA) is 38.7 Å². The molecule has 0 aliphatic rings. The van der Waals surface area contributed by atoms with Crippen LogP contribution in [0.15, 0.2) is 18.2 Å². The zero-order valence-corrected chi connectivity index (χ0v) is 10.5. The second-order valence-electron chi connectivity index (χ2n) is 3.18. The van der Waals surface area contributed by atoms with Crippen LogP contribution in [-0.4, -0.2) is 30.3 Å². The highest BCUT2D eigenvalue weighted by molar-refractivity contribution is 7.99. The molecule has 0 aliphatic carbocycles. The van der Waals surface area contributed by atoms with Crippen molar-refractivity contribution in [1.82, 2.24) is 0 Å². The minimum atomic E-state index is -0.0136. The molecule has 0 bridgehead atoms. The van der Waals surface area contributed by atoms with E-state index in [0.29, 0.717) is 12.4 Å². The summed E-state index contributed by atoms with van der Waals surface area (Å²) in [6, 6.07) is 5.45. The molecule has 0 aromatic heterocycles. The van der Waals surface area contributed by atoms with Gasteiger partial charge in [-0.1, -0.05) is 6.92 Å². The van der Waals surface area contributed by atoms with Crippen molar-refractivity contribution in [3.63, 3.8) is 0 Å². The van der Waals surface area contributed by atoms with Gasteiger partial charge in [-0.3, -0.25) is 0 Å². The van der Waals surface area contributed by atoms with Crippen LogP contribution in [0.4, 0.5) is 0 Å². The third kappa shape index (κ3) is 3.94. The summed E-state index contributed by atoms with van der Waals surface area (Å²) in [7, 11) is 1.62. The maximum atomic E-state index is 9.16. The van der Waals surface area contributed by atoms with Gasteiger partial charge in [0.05, 0.1) is 20.3 Å². The molecule has 1 aromatic carbocycles. The fourth-order valence-corrected chi connectivity index (χ4v) is 1.77. The summed E-state index contributed by atoms with van der Waals surface area (Å²) in [5.74, 6) is 3.50. The molecule has 0 heterocycles. The van der Waals surface area contributed by atoms with Gasteiger partial charge in [0, 0.05) is 17.4 Å². The number of benzene rings is 1. The summed E-state index contributed by atoms with van der Waals surface area (Å²) < 4.78 is 10.7. The number of aliphatic hydroxyl groups excluding tert-OH is 1. The number of thioether (sulfide) groups is 1. The maximum Gasteiger partial charge on any atom is 0.128 e. The SMILES string of the molecule is CCSCCOc1cc(OC)ccc1CO. The van der Waals surface area contributed by atoms with Crippen LogP contribution in [0, 0.1) is 0 Å². The van der Waals surface area contributed by atoms with Gasteiger partial charge in [-0.05, 0) is 17.9 Å². The van der Waals surface area contributed by atoms with E-state index in [1.807, 2.05) is 30.0 Å². The third-order valence-electron chi connectivity index (χ3n) is 2.13. The van der Waals surface area contributed by atoms with Crippen molar-refractivity contribution in [2.24, 2.45) is 0 Å². The van der Waals surface area contributed by atoms with E-state index in [9.17, 15) is 0 Å². The number of rotatable bonds is 7. The van der Waals surface area contributed by atoms with Crippen molar-refractivity contribution in [2.45, 2.75) is 13.5 Å². The Hall–Kier alpha value is -0.870. The molecule has 0 atom stereocenters. The standard InChI is InChI=1S/C12H18O3S/c1-3-16-7-6-15-12-8-11(14-2)5-4-10(12)9-13/h4-5,8,13H,3,6-7,9H2,1-2H3. The number of hydrogen-bond acceptors (Lipinski definition) is 4. The van der Waals surface area contributed by atoms with Gasteiger partial charge >= 0.3 is 0 Å². The quantitative estimate of drug-likeness (QED) is 0.745.